The highest BCUT2D eigenvalue weighted by Crippen LogP contribution is 2.26. The number of hydrogen-bond acceptors (Lipinski definition) is 2. The summed E-state index contributed by atoms with van der Waals surface area (Å²) in [6.45, 7) is 3.89. The van der Waals surface area contributed by atoms with Gasteiger partial charge in [-0.15, -0.1) is 0 Å². The minimum Gasteiger partial charge on any atom is -0.352 e. The molecular weight excluding hydrogens is 319 g/mol. The second-order valence-corrected chi connectivity index (χ2v) is 6.96. The van der Waals surface area contributed by atoms with E-state index >= 15 is 0 Å². The first-order valence-corrected chi connectivity index (χ1v) is 8.74. The Kier molecular flexibility index (Phi) is 6.54. The molecule has 5 heteroatoms. The third-order valence-electron chi connectivity index (χ3n) is 4.27. The maximum Gasteiger partial charge on any atom is 0.237 e. The zero-order chi connectivity index (χ0) is 16.1. The van der Waals surface area contributed by atoms with E-state index in [1.807, 2.05) is 26.0 Å². The molecule has 2 N–H and O–H groups in total. The summed E-state index contributed by atoms with van der Waals surface area (Å²) < 4.78 is 0. The number of hydrogen-bond donors (Lipinski definition) is 2. The van der Waals surface area contributed by atoms with Crippen LogP contribution < -0.4 is 10.6 Å². The Labute approximate surface area is 142 Å². The third-order valence-corrected chi connectivity index (χ3v) is 4.84. The largest absolute Gasteiger partial charge is 0.352 e. The highest BCUT2D eigenvalue weighted by atomic mass is 35.5. The van der Waals surface area contributed by atoms with Crippen LogP contribution in [-0.2, 0) is 4.79 Å². The second-order valence-electron chi connectivity index (χ2n) is 6.12. The zero-order valence-electron chi connectivity index (χ0n) is 13.2. The fourth-order valence-corrected chi connectivity index (χ4v) is 3.54. The predicted molar refractivity (Wildman–Crippen MR) is 92.5 cm³/mol. The lowest BCUT2D eigenvalue weighted by Gasteiger charge is -2.26. The first kappa shape index (κ1) is 17.6. The van der Waals surface area contributed by atoms with Crippen molar-refractivity contribution in [2.75, 3.05) is 0 Å². The van der Waals surface area contributed by atoms with Crippen molar-refractivity contribution in [2.45, 2.75) is 64.1 Å². The minimum atomic E-state index is -0.260. The van der Waals surface area contributed by atoms with Crippen LogP contribution in [0.15, 0.2) is 18.2 Å². The lowest BCUT2D eigenvalue weighted by molar-refractivity contribution is -0.123. The van der Waals surface area contributed by atoms with Gasteiger partial charge in [0.05, 0.1) is 6.04 Å². The normalized spacial score (nSPS) is 18.7. The summed E-state index contributed by atoms with van der Waals surface area (Å²) in [5.74, 6) is 0.0591. The molecule has 2 rings (SSSR count). The molecular formula is C17H24Cl2N2O. The predicted octanol–water partition coefficient (Wildman–Crippen LogP) is 4.48. The van der Waals surface area contributed by atoms with Gasteiger partial charge in [0, 0.05) is 22.1 Å². The Hall–Kier alpha value is -0.770. The summed E-state index contributed by atoms with van der Waals surface area (Å²) in [6.07, 6.45) is 5.90. The number of carbonyl (C=O) groups excluding carboxylic acids is 1. The van der Waals surface area contributed by atoms with Gasteiger partial charge < -0.3 is 5.32 Å². The highest BCUT2D eigenvalue weighted by Gasteiger charge is 2.21. The molecule has 22 heavy (non-hydrogen) atoms. The fraction of sp³-hybridized carbons (Fsp3) is 0.588. The van der Waals surface area contributed by atoms with Gasteiger partial charge in [-0.1, -0.05) is 48.5 Å². The van der Waals surface area contributed by atoms with Gasteiger partial charge in [-0.3, -0.25) is 10.1 Å². The number of halogens is 2. The maximum atomic E-state index is 12.3. The summed E-state index contributed by atoms with van der Waals surface area (Å²) in [6, 6.07) is 5.49. The summed E-state index contributed by atoms with van der Waals surface area (Å²) >= 11 is 12.1. The van der Waals surface area contributed by atoms with Crippen molar-refractivity contribution in [2.24, 2.45) is 0 Å². The molecule has 0 heterocycles. The van der Waals surface area contributed by atoms with Crippen LogP contribution in [-0.4, -0.2) is 18.0 Å². The smallest absolute Gasteiger partial charge is 0.237 e. The van der Waals surface area contributed by atoms with Gasteiger partial charge in [0.25, 0.3) is 0 Å². The van der Waals surface area contributed by atoms with Crippen molar-refractivity contribution in [3.63, 3.8) is 0 Å². The topological polar surface area (TPSA) is 41.1 Å². The Morgan fingerprint density at radius 1 is 1.18 bits per heavy atom. The Morgan fingerprint density at radius 2 is 1.86 bits per heavy atom. The number of amides is 1. The van der Waals surface area contributed by atoms with Crippen molar-refractivity contribution in [1.82, 2.24) is 10.6 Å². The molecule has 1 aliphatic rings. The first-order chi connectivity index (χ1) is 10.5. The van der Waals surface area contributed by atoms with Crippen molar-refractivity contribution >= 4 is 29.1 Å². The van der Waals surface area contributed by atoms with E-state index in [4.69, 9.17) is 23.2 Å². The van der Waals surface area contributed by atoms with Crippen LogP contribution in [0, 0.1) is 0 Å². The SMILES string of the molecule is C[C@@H](N[C@H](C)c1ccc(Cl)cc1Cl)C(=O)NC1CCCCC1. The van der Waals surface area contributed by atoms with E-state index in [0.717, 1.165) is 18.4 Å². The standard InChI is InChI=1S/C17H24Cl2N2O/c1-11(15-9-8-13(18)10-16(15)19)20-12(2)17(22)21-14-6-4-3-5-7-14/h8-12,14,20H,3-7H2,1-2H3,(H,21,22)/t11-,12-/m1/s1. The lowest BCUT2D eigenvalue weighted by Crippen LogP contribution is -2.47. The van der Waals surface area contributed by atoms with Crippen LogP contribution in [0.3, 0.4) is 0 Å². The van der Waals surface area contributed by atoms with Crippen LogP contribution in [0.5, 0.6) is 0 Å². The molecule has 1 saturated carbocycles. The van der Waals surface area contributed by atoms with Gasteiger partial charge in [-0.05, 0) is 44.4 Å². The lowest BCUT2D eigenvalue weighted by atomic mass is 9.95. The van der Waals surface area contributed by atoms with Gasteiger partial charge in [0.15, 0.2) is 0 Å². The van der Waals surface area contributed by atoms with Crippen LogP contribution in [0.1, 0.15) is 57.6 Å². The van der Waals surface area contributed by atoms with E-state index in [1.54, 1.807) is 6.07 Å². The van der Waals surface area contributed by atoms with Crippen molar-refractivity contribution in [3.8, 4) is 0 Å². The molecule has 3 nitrogen and oxygen atoms in total. The van der Waals surface area contributed by atoms with Crippen molar-refractivity contribution in [1.29, 1.82) is 0 Å². The minimum absolute atomic E-state index is 0.0168. The van der Waals surface area contributed by atoms with Gasteiger partial charge in [-0.2, -0.15) is 0 Å². The molecule has 1 fully saturated rings. The average Bonchev–Trinajstić information content (AvgIpc) is 2.47. The molecule has 1 aromatic rings. The van der Waals surface area contributed by atoms with Crippen LogP contribution >= 0.6 is 23.2 Å². The quantitative estimate of drug-likeness (QED) is 0.828. The van der Waals surface area contributed by atoms with Gasteiger partial charge in [-0.25, -0.2) is 0 Å². The van der Waals surface area contributed by atoms with Crippen LogP contribution in [0.25, 0.3) is 0 Å². The van der Waals surface area contributed by atoms with E-state index < -0.39 is 0 Å². The molecule has 0 aliphatic heterocycles. The maximum absolute atomic E-state index is 12.3. The van der Waals surface area contributed by atoms with Crippen molar-refractivity contribution in [3.05, 3.63) is 33.8 Å². The third kappa shape index (κ3) is 4.87. The molecule has 1 aromatic carbocycles. The summed E-state index contributed by atoms with van der Waals surface area (Å²) in [5.41, 5.74) is 0.948. The molecule has 0 unspecified atom stereocenters. The Balaban J connectivity index is 1.89. The van der Waals surface area contributed by atoms with Gasteiger partial charge in [0.1, 0.15) is 0 Å². The number of benzene rings is 1. The van der Waals surface area contributed by atoms with Crippen LogP contribution in [0.4, 0.5) is 0 Å². The Bertz CT molecular complexity index is 515. The number of nitrogens with one attached hydrogen (secondary N) is 2. The first-order valence-electron chi connectivity index (χ1n) is 7.98. The molecule has 1 amide bonds. The molecule has 122 valence electrons. The number of carbonyl (C=O) groups is 1. The molecule has 0 bridgehead atoms. The molecule has 0 aromatic heterocycles. The molecule has 1 aliphatic carbocycles. The molecule has 2 atom stereocenters. The highest BCUT2D eigenvalue weighted by molar-refractivity contribution is 6.35. The zero-order valence-corrected chi connectivity index (χ0v) is 14.7. The van der Waals surface area contributed by atoms with E-state index in [-0.39, 0.29) is 18.0 Å². The number of rotatable bonds is 5. The Morgan fingerprint density at radius 3 is 2.50 bits per heavy atom. The van der Waals surface area contributed by atoms with Crippen LogP contribution in [0.2, 0.25) is 10.0 Å². The van der Waals surface area contributed by atoms with Crippen molar-refractivity contribution < 1.29 is 4.79 Å². The summed E-state index contributed by atoms with van der Waals surface area (Å²) in [7, 11) is 0. The monoisotopic (exact) mass is 342 g/mol. The van der Waals surface area contributed by atoms with E-state index in [2.05, 4.69) is 10.6 Å². The summed E-state index contributed by atoms with van der Waals surface area (Å²) in [5, 5.41) is 7.68. The molecule has 0 radical (unpaired) electrons. The fourth-order valence-electron chi connectivity index (χ4n) is 2.97. The second kappa shape index (κ2) is 8.19. The average molecular weight is 343 g/mol. The summed E-state index contributed by atoms with van der Waals surface area (Å²) in [4.78, 5) is 12.3. The van der Waals surface area contributed by atoms with Gasteiger partial charge >= 0.3 is 0 Å². The van der Waals surface area contributed by atoms with E-state index in [1.165, 1.54) is 19.3 Å². The van der Waals surface area contributed by atoms with E-state index in [0.29, 0.717) is 16.1 Å². The van der Waals surface area contributed by atoms with Gasteiger partial charge in [0.2, 0.25) is 5.91 Å². The van der Waals surface area contributed by atoms with E-state index in [9.17, 15) is 4.79 Å². The molecule has 0 saturated heterocycles. The molecule has 0 spiro atoms.